The van der Waals surface area contributed by atoms with Crippen LogP contribution in [0.25, 0.3) is 10.8 Å². The first-order chi connectivity index (χ1) is 12.0. The van der Waals surface area contributed by atoms with Gasteiger partial charge < -0.3 is 4.90 Å². The van der Waals surface area contributed by atoms with Gasteiger partial charge in [0.05, 0.1) is 4.90 Å². The second-order valence-electron chi connectivity index (χ2n) is 6.19. The summed E-state index contributed by atoms with van der Waals surface area (Å²) in [7, 11) is 0.450. The zero-order chi connectivity index (χ0) is 17.9. The van der Waals surface area contributed by atoms with E-state index in [0.29, 0.717) is 17.9 Å². The minimum Gasteiger partial charge on any atom is -0.378 e. The number of anilines is 1. The summed E-state index contributed by atoms with van der Waals surface area (Å²) in [6, 6.07) is 21.0. The Labute approximate surface area is 149 Å². The summed E-state index contributed by atoms with van der Waals surface area (Å²) >= 11 is 0. The van der Waals surface area contributed by atoms with E-state index in [1.807, 2.05) is 73.6 Å². The van der Waals surface area contributed by atoms with Gasteiger partial charge in [-0.05, 0) is 35.6 Å². The van der Waals surface area contributed by atoms with E-state index in [0.717, 1.165) is 22.0 Å². The highest BCUT2D eigenvalue weighted by atomic mass is 32.2. The molecule has 0 spiro atoms. The maximum Gasteiger partial charge on any atom is 0.241 e. The molecule has 0 aliphatic heterocycles. The molecule has 0 aliphatic rings. The van der Waals surface area contributed by atoms with Crippen LogP contribution >= 0.6 is 0 Å². The van der Waals surface area contributed by atoms with Crippen molar-refractivity contribution in [2.24, 2.45) is 0 Å². The quantitative estimate of drug-likeness (QED) is 0.738. The van der Waals surface area contributed by atoms with E-state index < -0.39 is 10.0 Å². The Kier molecular flexibility index (Phi) is 5.06. The van der Waals surface area contributed by atoms with Crippen LogP contribution in [0.3, 0.4) is 0 Å². The van der Waals surface area contributed by atoms with Gasteiger partial charge in [0.2, 0.25) is 10.0 Å². The maximum absolute atomic E-state index is 12.7. The van der Waals surface area contributed by atoms with Crippen molar-refractivity contribution in [3.8, 4) is 0 Å². The van der Waals surface area contributed by atoms with Crippen LogP contribution in [0, 0.1) is 0 Å². The summed E-state index contributed by atoms with van der Waals surface area (Å²) in [5, 5.41) is 1.66. The normalized spacial score (nSPS) is 11.6. The third-order valence-electron chi connectivity index (χ3n) is 4.20. The van der Waals surface area contributed by atoms with Gasteiger partial charge in [-0.1, -0.05) is 48.5 Å². The topological polar surface area (TPSA) is 49.4 Å². The van der Waals surface area contributed by atoms with Crippen molar-refractivity contribution in [3.63, 3.8) is 0 Å². The van der Waals surface area contributed by atoms with Crippen LogP contribution in [0.2, 0.25) is 0 Å². The molecule has 0 aromatic heterocycles. The smallest absolute Gasteiger partial charge is 0.241 e. The molecule has 0 saturated heterocycles. The summed E-state index contributed by atoms with van der Waals surface area (Å²) < 4.78 is 28.0. The Hall–Kier alpha value is -2.37. The average molecular weight is 354 g/mol. The lowest BCUT2D eigenvalue weighted by atomic mass is 10.1. The molecule has 3 aromatic rings. The van der Waals surface area contributed by atoms with E-state index in [1.165, 1.54) is 0 Å². The summed E-state index contributed by atoms with van der Waals surface area (Å²) in [5.74, 6) is 0. The molecule has 25 heavy (non-hydrogen) atoms. The molecule has 0 heterocycles. The Morgan fingerprint density at radius 3 is 2.28 bits per heavy atom. The first kappa shape index (κ1) is 17.5. The molecule has 0 amide bonds. The lowest BCUT2D eigenvalue weighted by Crippen LogP contribution is -2.26. The molecular weight excluding hydrogens is 332 g/mol. The van der Waals surface area contributed by atoms with Gasteiger partial charge in [-0.25, -0.2) is 13.1 Å². The lowest BCUT2D eigenvalue weighted by molar-refractivity contribution is 0.582. The number of nitrogens with zero attached hydrogens (tertiary/aromatic N) is 1. The van der Waals surface area contributed by atoms with E-state index in [2.05, 4.69) is 4.72 Å². The molecule has 0 fully saturated rings. The fourth-order valence-electron chi connectivity index (χ4n) is 2.80. The number of benzene rings is 3. The SMILES string of the molecule is CN(C)c1ccc(CCNS(=O)(=O)c2cccc3ccccc23)cc1. The molecule has 0 unspecified atom stereocenters. The van der Waals surface area contributed by atoms with E-state index >= 15 is 0 Å². The molecule has 5 heteroatoms. The van der Waals surface area contributed by atoms with Crippen molar-refractivity contribution in [1.82, 2.24) is 4.72 Å². The minimum atomic E-state index is -3.54. The number of hydrogen-bond acceptors (Lipinski definition) is 3. The molecule has 0 saturated carbocycles. The van der Waals surface area contributed by atoms with Gasteiger partial charge in [-0.3, -0.25) is 0 Å². The molecule has 3 aromatic carbocycles. The van der Waals surface area contributed by atoms with E-state index in [1.54, 1.807) is 12.1 Å². The van der Waals surface area contributed by atoms with Crippen molar-refractivity contribution in [2.45, 2.75) is 11.3 Å². The predicted molar refractivity (Wildman–Crippen MR) is 104 cm³/mol. The van der Waals surface area contributed by atoms with Crippen LogP contribution in [-0.4, -0.2) is 29.1 Å². The second-order valence-corrected chi connectivity index (χ2v) is 7.92. The van der Waals surface area contributed by atoms with Crippen LogP contribution in [-0.2, 0) is 16.4 Å². The summed E-state index contributed by atoms with van der Waals surface area (Å²) in [5.41, 5.74) is 2.23. The number of sulfonamides is 1. The zero-order valence-electron chi connectivity index (χ0n) is 14.4. The zero-order valence-corrected chi connectivity index (χ0v) is 15.3. The molecule has 0 bridgehead atoms. The minimum absolute atomic E-state index is 0.327. The summed E-state index contributed by atoms with van der Waals surface area (Å²) in [4.78, 5) is 2.36. The number of rotatable bonds is 6. The van der Waals surface area contributed by atoms with Gasteiger partial charge in [0.1, 0.15) is 0 Å². The largest absolute Gasteiger partial charge is 0.378 e. The van der Waals surface area contributed by atoms with Gasteiger partial charge >= 0.3 is 0 Å². The van der Waals surface area contributed by atoms with Crippen LogP contribution < -0.4 is 9.62 Å². The number of hydrogen-bond donors (Lipinski definition) is 1. The van der Waals surface area contributed by atoms with Crippen LogP contribution in [0.5, 0.6) is 0 Å². The first-order valence-corrected chi connectivity index (χ1v) is 9.69. The van der Waals surface area contributed by atoms with Crippen molar-refractivity contribution in [2.75, 3.05) is 25.5 Å². The molecule has 0 aliphatic carbocycles. The molecule has 4 nitrogen and oxygen atoms in total. The third kappa shape index (κ3) is 4.00. The molecule has 0 atom stereocenters. The van der Waals surface area contributed by atoms with Gasteiger partial charge in [0.25, 0.3) is 0 Å². The predicted octanol–water partition coefficient (Wildman–Crippen LogP) is 3.43. The van der Waals surface area contributed by atoms with Gasteiger partial charge in [0, 0.05) is 31.7 Å². The highest BCUT2D eigenvalue weighted by molar-refractivity contribution is 7.89. The van der Waals surface area contributed by atoms with E-state index in [4.69, 9.17) is 0 Å². The van der Waals surface area contributed by atoms with Gasteiger partial charge in [-0.2, -0.15) is 0 Å². The Bertz CT molecular complexity index is 959. The van der Waals surface area contributed by atoms with Crippen LogP contribution in [0.15, 0.2) is 71.6 Å². The molecule has 3 rings (SSSR count). The van der Waals surface area contributed by atoms with Crippen LogP contribution in [0.1, 0.15) is 5.56 Å². The third-order valence-corrected chi connectivity index (χ3v) is 5.72. The van der Waals surface area contributed by atoms with Crippen molar-refractivity contribution in [3.05, 3.63) is 72.3 Å². The van der Waals surface area contributed by atoms with E-state index in [-0.39, 0.29) is 0 Å². The lowest BCUT2D eigenvalue weighted by Gasteiger charge is -2.13. The summed E-state index contributed by atoms with van der Waals surface area (Å²) in [6.07, 6.45) is 0.651. The Balaban J connectivity index is 1.71. The molecule has 130 valence electrons. The van der Waals surface area contributed by atoms with Crippen LogP contribution in [0.4, 0.5) is 5.69 Å². The van der Waals surface area contributed by atoms with Gasteiger partial charge in [-0.15, -0.1) is 0 Å². The highest BCUT2D eigenvalue weighted by Gasteiger charge is 2.16. The van der Waals surface area contributed by atoms with Crippen molar-refractivity contribution >= 4 is 26.5 Å². The maximum atomic E-state index is 12.7. The monoisotopic (exact) mass is 354 g/mol. The second kappa shape index (κ2) is 7.25. The van der Waals surface area contributed by atoms with Crippen molar-refractivity contribution in [1.29, 1.82) is 0 Å². The standard InChI is InChI=1S/C20H22N2O2S/c1-22(2)18-12-10-16(11-13-18)14-15-21-25(23,24)20-9-5-7-17-6-3-4-8-19(17)20/h3-13,21H,14-15H2,1-2H3. The number of nitrogens with one attached hydrogen (secondary N) is 1. The van der Waals surface area contributed by atoms with Crippen molar-refractivity contribution < 1.29 is 8.42 Å². The highest BCUT2D eigenvalue weighted by Crippen LogP contribution is 2.22. The summed E-state index contributed by atoms with van der Waals surface area (Å²) in [6.45, 7) is 0.368. The fourth-order valence-corrected chi connectivity index (χ4v) is 4.06. The Morgan fingerprint density at radius 1 is 0.880 bits per heavy atom. The first-order valence-electron chi connectivity index (χ1n) is 8.21. The molecular formula is C20H22N2O2S. The van der Waals surface area contributed by atoms with Gasteiger partial charge in [0.15, 0.2) is 0 Å². The molecule has 1 N–H and O–H groups in total. The van der Waals surface area contributed by atoms with E-state index in [9.17, 15) is 8.42 Å². The fraction of sp³-hybridized carbons (Fsp3) is 0.200. The Morgan fingerprint density at radius 2 is 1.56 bits per heavy atom. The average Bonchev–Trinajstić information content (AvgIpc) is 2.61. The molecule has 0 radical (unpaired) electrons. The number of fused-ring (bicyclic) bond motifs is 1.